The minimum Gasteiger partial charge on any atom is -0.507 e. The molecule has 1 aliphatic heterocycles. The molecular weight excluding hydrogens is 466 g/mol. The molecule has 0 radical (unpaired) electrons. The summed E-state index contributed by atoms with van der Waals surface area (Å²) in [6.45, 7) is 4.99. The van der Waals surface area contributed by atoms with Crippen molar-refractivity contribution in [1.82, 2.24) is 4.90 Å². The number of likely N-dealkylation sites (tertiary alicyclic amines) is 1. The van der Waals surface area contributed by atoms with Gasteiger partial charge in [-0.2, -0.15) is 0 Å². The molecule has 36 heavy (non-hydrogen) atoms. The Bertz CT molecular complexity index is 1100. The van der Waals surface area contributed by atoms with Crippen molar-refractivity contribution in [2.24, 2.45) is 5.92 Å². The van der Waals surface area contributed by atoms with Crippen molar-refractivity contribution in [2.75, 3.05) is 48.2 Å². The Morgan fingerprint density at radius 3 is 2.08 bits per heavy atom. The number of carbonyl (C=O) groups excluding carboxylic acids is 2. The Morgan fingerprint density at radius 2 is 1.58 bits per heavy atom. The number of hydrogen-bond donors (Lipinski definition) is 1. The largest absolute Gasteiger partial charge is 0.507 e. The molecule has 2 aromatic rings. The zero-order chi connectivity index (χ0) is 26.4. The molecule has 1 amide bonds. The number of aliphatic hydroxyl groups excluding tert-OH is 1. The van der Waals surface area contributed by atoms with Crippen molar-refractivity contribution in [3.63, 3.8) is 0 Å². The van der Waals surface area contributed by atoms with Crippen LogP contribution >= 0.6 is 0 Å². The molecule has 0 aliphatic carbocycles. The van der Waals surface area contributed by atoms with Crippen molar-refractivity contribution in [1.29, 1.82) is 0 Å². The standard InChI is InChI=1S/C27H33NO8/c1-16(2)15-36-19-9-7-17(8-10-19)24(29)22-23(28(11-12-32-3)27(31)25(22)30)18-13-20(33-4)26(35-6)21(14-18)34-5/h7-10,13-14,16,23,29H,11-12,15H2,1-6H3/b24-22+. The number of Topliss-reactive ketones (excluding diaryl/α,β-unsaturated/α-hetero) is 1. The lowest BCUT2D eigenvalue weighted by molar-refractivity contribution is -0.140. The van der Waals surface area contributed by atoms with Crippen molar-refractivity contribution < 1.29 is 38.4 Å². The second-order valence-corrected chi connectivity index (χ2v) is 8.67. The van der Waals surface area contributed by atoms with E-state index in [0.29, 0.717) is 46.6 Å². The number of nitrogens with zero attached hydrogens (tertiary/aromatic N) is 1. The zero-order valence-electron chi connectivity index (χ0n) is 21.5. The summed E-state index contributed by atoms with van der Waals surface area (Å²) < 4.78 is 27.2. The number of rotatable bonds is 11. The maximum atomic E-state index is 13.2. The van der Waals surface area contributed by atoms with Crippen molar-refractivity contribution >= 4 is 17.4 Å². The van der Waals surface area contributed by atoms with Crippen LogP contribution in [0.1, 0.15) is 31.0 Å². The summed E-state index contributed by atoms with van der Waals surface area (Å²) in [5.41, 5.74) is 0.855. The monoisotopic (exact) mass is 499 g/mol. The van der Waals surface area contributed by atoms with Gasteiger partial charge in [0.25, 0.3) is 11.7 Å². The number of ether oxygens (including phenoxy) is 5. The Kier molecular flexibility index (Phi) is 8.82. The SMILES string of the molecule is COCCN1C(=O)C(=O)/C(=C(/O)c2ccc(OCC(C)C)cc2)C1c1cc(OC)c(OC)c(OC)c1. The van der Waals surface area contributed by atoms with Crippen LogP contribution in [0.15, 0.2) is 42.0 Å². The molecule has 3 rings (SSSR count). The van der Waals surface area contributed by atoms with Crippen LogP contribution < -0.4 is 18.9 Å². The van der Waals surface area contributed by atoms with E-state index in [4.69, 9.17) is 23.7 Å². The van der Waals surface area contributed by atoms with Crippen molar-refractivity contribution in [3.05, 3.63) is 53.1 Å². The van der Waals surface area contributed by atoms with Crippen molar-refractivity contribution in [2.45, 2.75) is 19.9 Å². The van der Waals surface area contributed by atoms with Crippen LogP contribution in [-0.4, -0.2) is 69.9 Å². The van der Waals surface area contributed by atoms with Crippen LogP contribution in [0.3, 0.4) is 0 Å². The van der Waals surface area contributed by atoms with E-state index < -0.39 is 17.7 Å². The maximum absolute atomic E-state index is 13.2. The van der Waals surface area contributed by atoms with Gasteiger partial charge < -0.3 is 33.7 Å². The minimum absolute atomic E-state index is 0.0405. The van der Waals surface area contributed by atoms with Gasteiger partial charge in [0.05, 0.1) is 46.2 Å². The second-order valence-electron chi connectivity index (χ2n) is 8.67. The first-order valence-corrected chi connectivity index (χ1v) is 11.6. The number of benzene rings is 2. The normalized spacial score (nSPS) is 17.0. The molecule has 1 heterocycles. The average Bonchev–Trinajstić information content (AvgIpc) is 3.14. The third-order valence-electron chi connectivity index (χ3n) is 5.79. The quantitative estimate of drug-likeness (QED) is 0.283. The van der Waals surface area contributed by atoms with Crippen LogP contribution in [0.2, 0.25) is 0 Å². The number of carbonyl (C=O) groups is 2. The molecule has 194 valence electrons. The number of aliphatic hydroxyl groups is 1. The zero-order valence-corrected chi connectivity index (χ0v) is 21.5. The van der Waals surface area contributed by atoms with Crippen LogP contribution in [0, 0.1) is 5.92 Å². The molecule has 1 fully saturated rings. The molecule has 0 spiro atoms. The summed E-state index contributed by atoms with van der Waals surface area (Å²) in [7, 11) is 5.95. The van der Waals surface area contributed by atoms with E-state index in [9.17, 15) is 14.7 Å². The molecular formula is C27H33NO8. The highest BCUT2D eigenvalue weighted by atomic mass is 16.5. The topological polar surface area (TPSA) is 104 Å². The Balaban J connectivity index is 2.14. The maximum Gasteiger partial charge on any atom is 0.295 e. The van der Waals surface area contributed by atoms with Gasteiger partial charge in [0.2, 0.25) is 5.75 Å². The van der Waals surface area contributed by atoms with Crippen LogP contribution in [-0.2, 0) is 14.3 Å². The molecule has 0 saturated carbocycles. The van der Waals surface area contributed by atoms with Crippen LogP contribution in [0.25, 0.3) is 5.76 Å². The van der Waals surface area contributed by atoms with Gasteiger partial charge in [-0.05, 0) is 47.9 Å². The molecule has 1 unspecified atom stereocenters. The van der Waals surface area contributed by atoms with Gasteiger partial charge in [0.15, 0.2) is 11.5 Å². The van der Waals surface area contributed by atoms with E-state index >= 15 is 0 Å². The summed E-state index contributed by atoms with van der Waals surface area (Å²) in [4.78, 5) is 27.6. The fourth-order valence-electron chi connectivity index (χ4n) is 4.03. The van der Waals surface area contributed by atoms with Crippen LogP contribution in [0.4, 0.5) is 0 Å². The molecule has 9 nitrogen and oxygen atoms in total. The average molecular weight is 500 g/mol. The fourth-order valence-corrected chi connectivity index (χ4v) is 4.03. The molecule has 0 aromatic heterocycles. The summed E-state index contributed by atoms with van der Waals surface area (Å²) in [6, 6.07) is 9.16. The molecule has 9 heteroatoms. The van der Waals surface area contributed by atoms with E-state index in [1.807, 2.05) is 13.8 Å². The molecule has 1 saturated heterocycles. The second kappa shape index (κ2) is 11.8. The molecule has 1 N–H and O–H groups in total. The van der Waals surface area contributed by atoms with Gasteiger partial charge in [-0.25, -0.2) is 0 Å². The van der Waals surface area contributed by atoms with Gasteiger partial charge in [-0.3, -0.25) is 9.59 Å². The van der Waals surface area contributed by atoms with Gasteiger partial charge in [-0.15, -0.1) is 0 Å². The first-order chi connectivity index (χ1) is 17.3. The highest BCUT2D eigenvalue weighted by Crippen LogP contribution is 2.45. The lowest BCUT2D eigenvalue weighted by atomic mass is 9.94. The van der Waals surface area contributed by atoms with Gasteiger partial charge in [0, 0.05) is 19.2 Å². The fraction of sp³-hybridized carbons (Fsp3) is 0.407. The highest BCUT2D eigenvalue weighted by Gasteiger charge is 2.46. The first kappa shape index (κ1) is 26.9. The van der Waals surface area contributed by atoms with Gasteiger partial charge in [-0.1, -0.05) is 13.8 Å². The molecule has 0 bridgehead atoms. The van der Waals surface area contributed by atoms with Gasteiger partial charge in [0.1, 0.15) is 11.5 Å². The third-order valence-corrected chi connectivity index (χ3v) is 5.79. The Labute approximate surface area is 211 Å². The predicted molar refractivity (Wildman–Crippen MR) is 134 cm³/mol. The lowest BCUT2D eigenvalue weighted by Gasteiger charge is -2.26. The molecule has 1 atom stereocenters. The van der Waals surface area contributed by atoms with E-state index in [1.54, 1.807) is 36.4 Å². The lowest BCUT2D eigenvalue weighted by Crippen LogP contribution is -2.32. The number of methoxy groups -OCH3 is 4. The molecule has 1 aliphatic rings. The smallest absolute Gasteiger partial charge is 0.295 e. The summed E-state index contributed by atoms with van der Waals surface area (Å²) >= 11 is 0. The first-order valence-electron chi connectivity index (χ1n) is 11.6. The Hall–Kier alpha value is -3.72. The van der Waals surface area contributed by atoms with E-state index in [2.05, 4.69) is 0 Å². The summed E-state index contributed by atoms with van der Waals surface area (Å²) in [6.07, 6.45) is 0. The third kappa shape index (κ3) is 5.41. The molecule has 2 aromatic carbocycles. The number of ketones is 1. The number of amides is 1. The minimum atomic E-state index is -0.897. The van der Waals surface area contributed by atoms with Crippen LogP contribution in [0.5, 0.6) is 23.0 Å². The van der Waals surface area contributed by atoms with E-state index in [0.717, 1.165) is 0 Å². The van der Waals surface area contributed by atoms with Gasteiger partial charge >= 0.3 is 0 Å². The number of hydrogen-bond acceptors (Lipinski definition) is 8. The Morgan fingerprint density at radius 1 is 0.972 bits per heavy atom. The summed E-state index contributed by atoms with van der Waals surface area (Å²) in [5.74, 6) is 0.275. The van der Waals surface area contributed by atoms with E-state index in [1.165, 1.54) is 33.3 Å². The highest BCUT2D eigenvalue weighted by molar-refractivity contribution is 6.46. The predicted octanol–water partition coefficient (Wildman–Crippen LogP) is 3.82. The van der Waals surface area contributed by atoms with E-state index in [-0.39, 0.29) is 24.5 Å². The summed E-state index contributed by atoms with van der Waals surface area (Å²) in [5, 5.41) is 11.3. The van der Waals surface area contributed by atoms with Crippen molar-refractivity contribution in [3.8, 4) is 23.0 Å².